The van der Waals surface area contributed by atoms with Gasteiger partial charge in [-0.05, 0) is 106 Å². The third-order valence-electron chi connectivity index (χ3n) is 10.4. The van der Waals surface area contributed by atoms with Crippen LogP contribution in [0, 0.1) is 22.7 Å². The van der Waals surface area contributed by atoms with Crippen molar-refractivity contribution in [2.24, 2.45) is 22.7 Å². The molecule has 13 heteroatoms. The zero-order valence-corrected chi connectivity index (χ0v) is 27.3. The Bertz CT molecular complexity index is 1680. The van der Waals surface area contributed by atoms with Gasteiger partial charge in [0.15, 0.2) is 5.82 Å². The first kappa shape index (κ1) is 30.4. The predicted molar refractivity (Wildman–Crippen MR) is 170 cm³/mol. The summed E-state index contributed by atoms with van der Waals surface area (Å²) in [6, 6.07) is 7.75. The Balaban J connectivity index is 0.888. The number of sulfonamides is 1. The maximum Gasteiger partial charge on any atom is 0.268 e. The first-order chi connectivity index (χ1) is 21.5. The van der Waals surface area contributed by atoms with Crippen LogP contribution in [0.15, 0.2) is 47.6 Å². The van der Waals surface area contributed by atoms with E-state index in [4.69, 9.17) is 16.3 Å². The molecule has 1 amide bonds. The number of pyridine rings is 2. The number of halogens is 1. The molecule has 1 aliphatic heterocycles. The molecule has 240 valence electrons. The second kappa shape index (κ2) is 11.2. The fourth-order valence-corrected chi connectivity index (χ4v) is 8.81. The number of anilines is 1. The fraction of sp³-hybridized carbons (Fsp3) is 0.562. The van der Waals surface area contributed by atoms with Crippen molar-refractivity contribution < 1.29 is 17.9 Å². The molecule has 11 nitrogen and oxygen atoms in total. The normalized spacial score (nSPS) is 22.0. The average Bonchev–Trinajstić information content (AvgIpc) is 3.95. The molecule has 1 saturated heterocycles. The Morgan fingerprint density at radius 1 is 1.11 bits per heavy atom. The van der Waals surface area contributed by atoms with Crippen LogP contribution in [0.25, 0.3) is 5.82 Å². The molecule has 1 unspecified atom stereocenters. The highest BCUT2D eigenvalue weighted by Crippen LogP contribution is 2.92. The molecule has 0 bridgehead atoms. The van der Waals surface area contributed by atoms with Gasteiger partial charge in [-0.15, -0.1) is 5.10 Å². The highest BCUT2D eigenvalue weighted by atomic mass is 35.5. The number of hydrogen-bond donors (Lipinski definition) is 3. The Morgan fingerprint density at radius 2 is 1.89 bits per heavy atom. The molecular weight excluding hydrogens is 614 g/mol. The molecule has 3 aromatic rings. The van der Waals surface area contributed by atoms with Crippen molar-refractivity contribution in [3.8, 4) is 11.7 Å². The molecule has 45 heavy (non-hydrogen) atoms. The van der Waals surface area contributed by atoms with Crippen LogP contribution in [0.5, 0.6) is 5.88 Å². The molecule has 0 aromatic carbocycles. The van der Waals surface area contributed by atoms with E-state index in [0.29, 0.717) is 46.8 Å². The van der Waals surface area contributed by atoms with E-state index in [9.17, 15) is 13.2 Å². The summed E-state index contributed by atoms with van der Waals surface area (Å²) >= 11 is 6.32. The zero-order chi connectivity index (χ0) is 31.5. The maximum atomic E-state index is 12.9. The van der Waals surface area contributed by atoms with Crippen LogP contribution >= 0.6 is 11.6 Å². The highest BCUT2D eigenvalue weighted by Gasteiger charge is 2.86. The number of amides is 1. The monoisotopic (exact) mass is 653 g/mol. The van der Waals surface area contributed by atoms with Crippen LogP contribution in [0.2, 0.25) is 5.15 Å². The van der Waals surface area contributed by atoms with Gasteiger partial charge in [-0.1, -0.05) is 18.0 Å². The summed E-state index contributed by atoms with van der Waals surface area (Å²) in [4.78, 5) is 21.2. The van der Waals surface area contributed by atoms with Crippen molar-refractivity contribution in [2.45, 2.75) is 75.6 Å². The van der Waals surface area contributed by atoms with Gasteiger partial charge in [0.25, 0.3) is 15.9 Å². The molecule has 4 aliphatic rings. The van der Waals surface area contributed by atoms with E-state index < -0.39 is 15.9 Å². The quantitative estimate of drug-likeness (QED) is 0.172. The first-order valence-electron chi connectivity index (χ1n) is 15.9. The third kappa shape index (κ3) is 6.04. The molecule has 3 aliphatic carbocycles. The van der Waals surface area contributed by atoms with Crippen molar-refractivity contribution in [3.05, 3.63) is 53.4 Å². The van der Waals surface area contributed by atoms with Crippen LogP contribution in [-0.2, 0) is 10.0 Å². The molecule has 7 rings (SSSR count). The molecular formula is C32H40ClN7O4S. The summed E-state index contributed by atoms with van der Waals surface area (Å²) < 4.78 is 35.4. The van der Waals surface area contributed by atoms with Gasteiger partial charge < -0.3 is 15.4 Å². The van der Waals surface area contributed by atoms with Gasteiger partial charge in [-0.3, -0.25) is 4.79 Å². The molecule has 2 spiro atoms. The van der Waals surface area contributed by atoms with Gasteiger partial charge in [0.2, 0.25) is 5.88 Å². The lowest BCUT2D eigenvalue weighted by Crippen LogP contribution is -2.31. The lowest BCUT2D eigenvalue weighted by molar-refractivity contribution is 0.0981. The van der Waals surface area contributed by atoms with Crippen molar-refractivity contribution in [1.82, 2.24) is 29.8 Å². The number of nitrogens with one attached hydrogen (secondary N) is 3. The summed E-state index contributed by atoms with van der Waals surface area (Å²) in [6.07, 6.45) is 12.8. The second-order valence-corrected chi connectivity index (χ2v) is 15.9. The second-order valence-electron chi connectivity index (χ2n) is 13.9. The number of carbonyl (C=O) groups is 1. The molecule has 3 aromatic heterocycles. The van der Waals surface area contributed by atoms with Crippen LogP contribution in [0.4, 0.5) is 5.82 Å². The van der Waals surface area contributed by atoms with Crippen LogP contribution in [-0.4, -0.2) is 59.3 Å². The van der Waals surface area contributed by atoms with Crippen molar-refractivity contribution >= 4 is 33.3 Å². The van der Waals surface area contributed by atoms with E-state index in [2.05, 4.69) is 44.3 Å². The summed E-state index contributed by atoms with van der Waals surface area (Å²) in [5.74, 6) is 1.94. The van der Waals surface area contributed by atoms with Crippen LogP contribution in [0.1, 0.15) is 75.6 Å². The average molecular weight is 654 g/mol. The van der Waals surface area contributed by atoms with Crippen molar-refractivity contribution in [2.75, 3.05) is 25.0 Å². The van der Waals surface area contributed by atoms with Crippen LogP contribution < -0.4 is 20.1 Å². The number of fused-ring (bicyclic) bond motifs is 1. The van der Waals surface area contributed by atoms with Gasteiger partial charge in [-0.2, -0.15) is 0 Å². The van der Waals surface area contributed by atoms with E-state index >= 15 is 0 Å². The van der Waals surface area contributed by atoms with Gasteiger partial charge in [0.05, 0.1) is 12.2 Å². The Labute approximate surface area is 268 Å². The number of nitrogens with zero attached hydrogens (tertiary/aromatic N) is 4. The SMILES string of the molecule is CC1(C)CC(CCCCNc2ccc(S(=O)(=O)NC(=O)c3ccc(-n4ccc(OCC5C6(CC6)C56CC6)n4)nc3Cl)cn2)CN1. The Hall–Kier alpha value is -3.22. The van der Waals surface area contributed by atoms with Crippen LogP contribution in [0.3, 0.4) is 0 Å². The number of hydrogen-bond acceptors (Lipinski definition) is 9. The minimum absolute atomic E-state index is 0.0750. The molecule has 3 N–H and O–H groups in total. The molecule has 4 heterocycles. The van der Waals surface area contributed by atoms with E-state index in [1.165, 1.54) is 61.5 Å². The maximum absolute atomic E-state index is 12.9. The largest absolute Gasteiger partial charge is 0.476 e. The molecule has 3 saturated carbocycles. The van der Waals surface area contributed by atoms with E-state index in [0.717, 1.165) is 25.9 Å². The van der Waals surface area contributed by atoms with Gasteiger partial charge in [-0.25, -0.2) is 27.8 Å². The topological polar surface area (TPSA) is 140 Å². The summed E-state index contributed by atoms with van der Waals surface area (Å²) in [5.41, 5.74) is 1.29. The van der Waals surface area contributed by atoms with Crippen molar-refractivity contribution in [3.63, 3.8) is 0 Å². The lowest BCUT2D eigenvalue weighted by atomic mass is 9.93. The zero-order valence-electron chi connectivity index (χ0n) is 25.7. The van der Waals surface area contributed by atoms with Gasteiger partial charge in [0, 0.05) is 36.5 Å². The molecule has 4 fully saturated rings. The number of rotatable bonds is 13. The third-order valence-corrected chi connectivity index (χ3v) is 12.0. The highest BCUT2D eigenvalue weighted by molar-refractivity contribution is 7.90. The van der Waals surface area contributed by atoms with Gasteiger partial charge in [0.1, 0.15) is 15.9 Å². The number of aromatic nitrogens is 4. The van der Waals surface area contributed by atoms with Crippen molar-refractivity contribution in [1.29, 1.82) is 0 Å². The number of ether oxygens (including phenoxy) is 1. The first-order valence-corrected chi connectivity index (χ1v) is 17.7. The van der Waals surface area contributed by atoms with E-state index in [1.54, 1.807) is 24.4 Å². The fourth-order valence-electron chi connectivity index (χ4n) is 7.67. The standard InChI is InChI=1S/C32H40ClN7O4S/c1-30(2)17-21(18-36-30)5-3-4-15-34-25-8-6-22(19-35-25)45(42,43)39-29(41)23-7-9-26(37-28(23)33)40-16-10-27(38-40)44-20-24-31(11-12-31)32(24)13-14-32/h6-10,16,19,21,24,36H,3-5,11-15,17-18,20H2,1-2H3,(H,34,35)(H,39,41). The van der Waals surface area contributed by atoms with E-state index in [1.807, 2.05) is 0 Å². The van der Waals surface area contributed by atoms with Gasteiger partial charge >= 0.3 is 0 Å². The smallest absolute Gasteiger partial charge is 0.268 e. The minimum atomic E-state index is -4.18. The summed E-state index contributed by atoms with van der Waals surface area (Å²) in [6.45, 7) is 6.99. The molecule has 1 atom stereocenters. The van der Waals surface area contributed by atoms with E-state index in [-0.39, 0.29) is 21.2 Å². The molecule has 0 radical (unpaired) electrons. The minimum Gasteiger partial charge on any atom is -0.476 e. The summed E-state index contributed by atoms with van der Waals surface area (Å²) in [5, 5.41) is 11.1. The Morgan fingerprint density at radius 3 is 2.53 bits per heavy atom. The Kier molecular flexibility index (Phi) is 7.60. The lowest BCUT2D eigenvalue weighted by Gasteiger charge is -2.17. The summed E-state index contributed by atoms with van der Waals surface area (Å²) in [7, 11) is -4.18. The number of carbonyl (C=O) groups excluding carboxylic acids is 1. The number of unbranched alkanes of at least 4 members (excludes halogenated alkanes) is 1. The predicted octanol–water partition coefficient (Wildman–Crippen LogP) is 4.97.